The molecule has 0 saturated heterocycles. The van der Waals surface area contributed by atoms with Crippen molar-refractivity contribution in [2.45, 2.75) is 31.6 Å². The van der Waals surface area contributed by atoms with Gasteiger partial charge in [-0.05, 0) is 26.2 Å². The summed E-state index contributed by atoms with van der Waals surface area (Å²) in [5, 5.41) is 2.89. The highest BCUT2D eigenvalue weighted by atomic mass is 35.5. The molecule has 1 aromatic heterocycles. The normalized spacial score (nSPS) is 16.4. The summed E-state index contributed by atoms with van der Waals surface area (Å²) in [4.78, 5) is 16.9. The number of aryl methyl sites for hydroxylation is 2. The number of nitrogens with zero attached hydrogens (tertiary/aromatic N) is 1. The van der Waals surface area contributed by atoms with Gasteiger partial charge in [0.25, 0.3) is 0 Å². The van der Waals surface area contributed by atoms with Gasteiger partial charge in [0.15, 0.2) is 5.13 Å². The molecule has 1 unspecified atom stereocenters. The molecule has 0 aliphatic heterocycles. The summed E-state index contributed by atoms with van der Waals surface area (Å²) < 4.78 is 0. The van der Waals surface area contributed by atoms with Crippen LogP contribution < -0.4 is 5.32 Å². The van der Waals surface area contributed by atoms with E-state index >= 15 is 0 Å². The Kier molecular flexibility index (Phi) is 2.74. The van der Waals surface area contributed by atoms with Crippen LogP contribution in [0.15, 0.2) is 0 Å². The van der Waals surface area contributed by atoms with Crippen molar-refractivity contribution >= 4 is 34.0 Å². The molecule has 3 nitrogen and oxygen atoms in total. The van der Waals surface area contributed by atoms with Gasteiger partial charge < -0.3 is 5.32 Å². The van der Waals surface area contributed by atoms with E-state index in [1.807, 2.05) is 0 Å². The van der Waals surface area contributed by atoms with Gasteiger partial charge in [-0.25, -0.2) is 4.98 Å². The van der Waals surface area contributed by atoms with Crippen molar-refractivity contribution in [1.29, 1.82) is 0 Å². The summed E-state index contributed by atoms with van der Waals surface area (Å²) in [7, 11) is 0. The molecule has 0 radical (unpaired) electrons. The monoisotopic (exact) mass is 230 g/mol. The van der Waals surface area contributed by atoms with Crippen molar-refractivity contribution in [3.63, 3.8) is 0 Å². The molecule has 0 fully saturated rings. The highest BCUT2D eigenvalue weighted by molar-refractivity contribution is 7.15. The van der Waals surface area contributed by atoms with Crippen LogP contribution in [0.3, 0.4) is 0 Å². The Hall–Kier alpha value is -0.610. The number of rotatable bonds is 2. The van der Waals surface area contributed by atoms with Crippen LogP contribution in [-0.2, 0) is 17.6 Å². The van der Waals surface area contributed by atoms with Gasteiger partial charge in [0, 0.05) is 4.88 Å². The summed E-state index contributed by atoms with van der Waals surface area (Å²) in [6, 6.07) is 0. The molecule has 5 heteroatoms. The van der Waals surface area contributed by atoms with E-state index in [0.29, 0.717) is 5.13 Å². The summed E-state index contributed by atoms with van der Waals surface area (Å²) in [5.41, 5.74) is 1.15. The zero-order valence-electron chi connectivity index (χ0n) is 7.84. The molecule has 0 aromatic carbocycles. The molecule has 1 aliphatic carbocycles. The second kappa shape index (κ2) is 3.87. The van der Waals surface area contributed by atoms with Crippen molar-refractivity contribution < 1.29 is 4.79 Å². The largest absolute Gasteiger partial charge is 0.301 e. The maximum atomic E-state index is 11.3. The lowest BCUT2D eigenvalue weighted by molar-refractivity contribution is -0.115. The third-order valence-corrected chi connectivity index (χ3v) is 3.46. The predicted molar refractivity (Wildman–Crippen MR) is 58.1 cm³/mol. The van der Waals surface area contributed by atoms with Gasteiger partial charge in [0.05, 0.1) is 5.69 Å². The Morgan fingerprint density at radius 3 is 3.07 bits per heavy atom. The third kappa shape index (κ3) is 1.91. The van der Waals surface area contributed by atoms with Crippen LogP contribution in [0.2, 0.25) is 0 Å². The molecular formula is C9H11ClN2OS. The molecule has 1 N–H and O–H groups in total. The van der Waals surface area contributed by atoms with E-state index in [0.717, 1.165) is 18.5 Å². The molecule has 0 spiro atoms. The number of fused-ring (bicyclic) bond motifs is 1. The molecule has 1 amide bonds. The first-order chi connectivity index (χ1) is 6.66. The maximum Gasteiger partial charge on any atom is 0.243 e. The van der Waals surface area contributed by atoms with Gasteiger partial charge in [0.2, 0.25) is 5.91 Å². The van der Waals surface area contributed by atoms with E-state index in [-0.39, 0.29) is 5.91 Å². The number of carbonyl (C=O) groups excluding carboxylic acids is 1. The van der Waals surface area contributed by atoms with Gasteiger partial charge in [-0.1, -0.05) is 0 Å². The fourth-order valence-corrected chi connectivity index (χ4v) is 2.56. The van der Waals surface area contributed by atoms with E-state index in [9.17, 15) is 4.79 Å². The molecule has 14 heavy (non-hydrogen) atoms. The van der Waals surface area contributed by atoms with Gasteiger partial charge in [-0.3, -0.25) is 4.79 Å². The summed E-state index contributed by atoms with van der Waals surface area (Å²) in [6.07, 6.45) is 3.33. The SMILES string of the molecule is CC(Cl)C(=O)Nc1nc2c(s1)CCC2. The Bertz CT molecular complexity index is 340. The summed E-state index contributed by atoms with van der Waals surface area (Å²) in [5.74, 6) is -0.181. The molecule has 0 saturated carbocycles. The summed E-state index contributed by atoms with van der Waals surface area (Å²) >= 11 is 7.20. The second-order valence-electron chi connectivity index (χ2n) is 3.35. The van der Waals surface area contributed by atoms with E-state index in [1.165, 1.54) is 11.3 Å². The Morgan fingerprint density at radius 1 is 1.64 bits per heavy atom. The molecule has 76 valence electrons. The van der Waals surface area contributed by atoms with Crippen LogP contribution in [0.1, 0.15) is 23.9 Å². The van der Waals surface area contributed by atoms with Crippen LogP contribution in [0.5, 0.6) is 0 Å². The Labute approximate surface area is 91.5 Å². The minimum atomic E-state index is -0.506. The molecule has 1 aromatic rings. The average Bonchev–Trinajstić information content (AvgIpc) is 2.63. The fraction of sp³-hybridized carbons (Fsp3) is 0.556. The number of carbonyl (C=O) groups is 1. The number of hydrogen-bond donors (Lipinski definition) is 1. The quantitative estimate of drug-likeness (QED) is 0.792. The van der Waals surface area contributed by atoms with Crippen molar-refractivity contribution in [3.8, 4) is 0 Å². The number of alkyl halides is 1. The zero-order chi connectivity index (χ0) is 10.1. The highest BCUT2D eigenvalue weighted by Crippen LogP contribution is 2.30. The number of amides is 1. The van der Waals surface area contributed by atoms with Crippen LogP contribution in [0, 0.1) is 0 Å². The smallest absolute Gasteiger partial charge is 0.243 e. The first-order valence-corrected chi connectivity index (χ1v) is 5.85. The lowest BCUT2D eigenvalue weighted by Crippen LogP contribution is -2.20. The number of aromatic nitrogens is 1. The van der Waals surface area contributed by atoms with E-state index in [4.69, 9.17) is 11.6 Å². The van der Waals surface area contributed by atoms with Gasteiger partial charge in [0.1, 0.15) is 5.38 Å². The first kappa shape index (κ1) is 9.93. The molecular weight excluding hydrogens is 220 g/mol. The van der Waals surface area contributed by atoms with Crippen LogP contribution in [-0.4, -0.2) is 16.3 Å². The molecule has 0 bridgehead atoms. The lowest BCUT2D eigenvalue weighted by Gasteiger charge is -2.01. The topological polar surface area (TPSA) is 42.0 Å². The number of nitrogens with one attached hydrogen (secondary N) is 1. The number of thiazole rings is 1. The fourth-order valence-electron chi connectivity index (χ4n) is 1.45. The van der Waals surface area contributed by atoms with E-state index in [1.54, 1.807) is 18.3 Å². The number of hydrogen-bond acceptors (Lipinski definition) is 3. The van der Waals surface area contributed by atoms with Crippen molar-refractivity contribution in [1.82, 2.24) is 4.98 Å². The predicted octanol–water partition coefficient (Wildman–Crippen LogP) is 2.20. The molecule has 1 aliphatic rings. The third-order valence-electron chi connectivity index (χ3n) is 2.19. The second-order valence-corrected chi connectivity index (χ2v) is 5.09. The standard InChI is InChI=1S/C9H11ClN2OS/c1-5(10)8(13)12-9-11-6-3-2-4-7(6)14-9/h5H,2-4H2,1H3,(H,11,12,13). The number of anilines is 1. The minimum absolute atomic E-state index is 0.181. The summed E-state index contributed by atoms with van der Waals surface area (Å²) in [6.45, 7) is 1.65. The maximum absolute atomic E-state index is 11.3. The molecule has 2 rings (SSSR count). The zero-order valence-corrected chi connectivity index (χ0v) is 9.41. The van der Waals surface area contributed by atoms with Crippen molar-refractivity contribution in [3.05, 3.63) is 10.6 Å². The van der Waals surface area contributed by atoms with Crippen LogP contribution >= 0.6 is 22.9 Å². The Morgan fingerprint density at radius 2 is 2.43 bits per heavy atom. The average molecular weight is 231 g/mol. The lowest BCUT2D eigenvalue weighted by atomic mass is 10.4. The van der Waals surface area contributed by atoms with Gasteiger partial charge in [-0.2, -0.15) is 0 Å². The highest BCUT2D eigenvalue weighted by Gasteiger charge is 2.18. The molecule has 1 atom stereocenters. The van der Waals surface area contributed by atoms with Gasteiger partial charge >= 0.3 is 0 Å². The molecule has 1 heterocycles. The van der Waals surface area contributed by atoms with Crippen molar-refractivity contribution in [2.75, 3.05) is 5.32 Å². The number of halogens is 1. The van der Waals surface area contributed by atoms with Gasteiger partial charge in [-0.15, -0.1) is 22.9 Å². The minimum Gasteiger partial charge on any atom is -0.301 e. The van der Waals surface area contributed by atoms with Crippen LogP contribution in [0.25, 0.3) is 0 Å². The van der Waals surface area contributed by atoms with Crippen LogP contribution in [0.4, 0.5) is 5.13 Å². The van der Waals surface area contributed by atoms with Crippen molar-refractivity contribution in [2.24, 2.45) is 0 Å². The Balaban J connectivity index is 2.07. The van der Waals surface area contributed by atoms with E-state index < -0.39 is 5.38 Å². The first-order valence-electron chi connectivity index (χ1n) is 4.60. The van der Waals surface area contributed by atoms with E-state index in [2.05, 4.69) is 10.3 Å².